The van der Waals surface area contributed by atoms with Crippen molar-refractivity contribution in [3.05, 3.63) is 71.4 Å². The molecular formula is C24H25NO6. The van der Waals surface area contributed by atoms with E-state index in [2.05, 4.69) is 4.99 Å². The summed E-state index contributed by atoms with van der Waals surface area (Å²) in [5.41, 5.74) is 3.07. The van der Waals surface area contributed by atoms with Crippen molar-refractivity contribution in [1.29, 1.82) is 0 Å². The van der Waals surface area contributed by atoms with E-state index < -0.39 is 30.1 Å². The minimum atomic E-state index is -1.08. The Bertz CT molecular complexity index is 1020. The number of hydrogen-bond donors (Lipinski definition) is 1. The van der Waals surface area contributed by atoms with E-state index in [0.29, 0.717) is 11.3 Å². The van der Waals surface area contributed by atoms with Crippen LogP contribution in [0.25, 0.3) is 11.1 Å². The molecule has 2 unspecified atom stereocenters. The Morgan fingerprint density at radius 3 is 2.16 bits per heavy atom. The third-order valence-corrected chi connectivity index (χ3v) is 5.37. The van der Waals surface area contributed by atoms with Crippen LogP contribution in [0.15, 0.2) is 70.9 Å². The van der Waals surface area contributed by atoms with Crippen molar-refractivity contribution in [2.24, 2.45) is 10.9 Å². The molecule has 2 aromatic carbocycles. The Morgan fingerprint density at radius 1 is 0.968 bits per heavy atom. The van der Waals surface area contributed by atoms with Gasteiger partial charge in [0.1, 0.15) is 11.6 Å². The summed E-state index contributed by atoms with van der Waals surface area (Å²) in [4.78, 5) is 29.7. The van der Waals surface area contributed by atoms with Gasteiger partial charge in [-0.2, -0.15) is 0 Å². The number of methoxy groups -OCH3 is 3. The van der Waals surface area contributed by atoms with Crippen LogP contribution in [-0.2, 0) is 23.8 Å². The molecule has 0 aliphatic carbocycles. The second-order valence-corrected chi connectivity index (χ2v) is 7.09. The van der Waals surface area contributed by atoms with E-state index >= 15 is 0 Å². The van der Waals surface area contributed by atoms with E-state index in [-0.39, 0.29) is 11.3 Å². The molecule has 0 amide bonds. The molecule has 2 aromatic rings. The normalized spacial score (nSPS) is 18.7. The minimum Gasteiger partial charge on any atom is -0.481 e. The lowest BCUT2D eigenvalue weighted by Crippen LogP contribution is -2.38. The monoisotopic (exact) mass is 423 g/mol. The number of rotatable bonds is 7. The Kier molecular flexibility index (Phi) is 6.99. The van der Waals surface area contributed by atoms with Crippen LogP contribution in [-0.4, -0.2) is 50.4 Å². The molecule has 31 heavy (non-hydrogen) atoms. The van der Waals surface area contributed by atoms with Crippen LogP contribution in [0.1, 0.15) is 18.4 Å². The Labute approximate surface area is 181 Å². The molecule has 0 spiro atoms. The average molecular weight is 423 g/mol. The van der Waals surface area contributed by atoms with Crippen LogP contribution in [0, 0.1) is 5.92 Å². The van der Waals surface area contributed by atoms with Crippen LogP contribution in [0.4, 0.5) is 0 Å². The summed E-state index contributed by atoms with van der Waals surface area (Å²) in [6.07, 6.45) is -0.954. The van der Waals surface area contributed by atoms with Gasteiger partial charge in [0.2, 0.25) is 6.29 Å². The largest absolute Gasteiger partial charge is 0.481 e. The van der Waals surface area contributed by atoms with Crippen LogP contribution < -0.4 is 0 Å². The molecule has 2 atom stereocenters. The zero-order valence-corrected chi connectivity index (χ0v) is 17.9. The summed E-state index contributed by atoms with van der Waals surface area (Å²) >= 11 is 0. The number of carboxylic acid groups (broad SMARTS) is 1. The van der Waals surface area contributed by atoms with Gasteiger partial charge in [-0.25, -0.2) is 4.79 Å². The van der Waals surface area contributed by atoms with E-state index in [1.807, 2.05) is 54.6 Å². The number of benzene rings is 2. The van der Waals surface area contributed by atoms with Gasteiger partial charge in [0, 0.05) is 25.8 Å². The molecule has 7 heteroatoms. The first-order valence-corrected chi connectivity index (χ1v) is 9.74. The van der Waals surface area contributed by atoms with E-state index in [9.17, 15) is 14.7 Å². The second kappa shape index (κ2) is 9.68. The molecule has 162 valence electrons. The first-order chi connectivity index (χ1) is 14.9. The molecule has 0 radical (unpaired) electrons. The van der Waals surface area contributed by atoms with Gasteiger partial charge in [0.15, 0.2) is 0 Å². The highest BCUT2D eigenvalue weighted by atomic mass is 16.7. The van der Waals surface area contributed by atoms with E-state index in [4.69, 9.17) is 14.2 Å². The quantitative estimate of drug-likeness (QED) is 0.540. The smallest absolute Gasteiger partial charge is 0.336 e. The number of nitrogens with zero attached hydrogens (tertiary/aromatic N) is 1. The lowest BCUT2D eigenvalue weighted by atomic mass is 9.73. The molecule has 7 nitrogen and oxygen atoms in total. The summed E-state index contributed by atoms with van der Waals surface area (Å²) in [6, 6.07) is 17.0. The van der Waals surface area contributed by atoms with Gasteiger partial charge in [0.25, 0.3) is 0 Å². The fraction of sp³-hybridized carbons (Fsp3) is 0.292. The van der Waals surface area contributed by atoms with Crippen molar-refractivity contribution < 1.29 is 28.9 Å². The third-order valence-electron chi connectivity index (χ3n) is 5.37. The number of ether oxygens (including phenoxy) is 3. The van der Waals surface area contributed by atoms with Crippen molar-refractivity contribution in [1.82, 2.24) is 0 Å². The van der Waals surface area contributed by atoms with Gasteiger partial charge in [-0.1, -0.05) is 54.6 Å². The molecule has 1 aliphatic rings. The Balaban J connectivity index is 2.35. The topological polar surface area (TPSA) is 94.4 Å². The van der Waals surface area contributed by atoms with Gasteiger partial charge < -0.3 is 19.3 Å². The Hall–Kier alpha value is -3.29. The molecule has 1 aliphatic heterocycles. The maximum Gasteiger partial charge on any atom is 0.336 e. The Morgan fingerprint density at radius 2 is 1.58 bits per heavy atom. The van der Waals surface area contributed by atoms with E-state index in [1.165, 1.54) is 21.3 Å². The first kappa shape index (κ1) is 22.4. The van der Waals surface area contributed by atoms with Crippen LogP contribution in [0.3, 0.4) is 0 Å². The summed E-state index contributed by atoms with van der Waals surface area (Å²) in [6.45, 7) is 1.63. The highest BCUT2D eigenvalue weighted by molar-refractivity contribution is 6.07. The average Bonchev–Trinajstić information content (AvgIpc) is 2.79. The van der Waals surface area contributed by atoms with Crippen molar-refractivity contribution in [3.63, 3.8) is 0 Å². The molecule has 0 fully saturated rings. The number of esters is 1. The van der Waals surface area contributed by atoms with Crippen LogP contribution in [0.2, 0.25) is 0 Å². The highest BCUT2D eigenvalue weighted by Crippen LogP contribution is 2.44. The van der Waals surface area contributed by atoms with Crippen molar-refractivity contribution in [2.45, 2.75) is 19.1 Å². The van der Waals surface area contributed by atoms with Gasteiger partial charge in [-0.3, -0.25) is 9.79 Å². The lowest BCUT2D eigenvalue weighted by molar-refractivity contribution is -0.140. The molecule has 3 rings (SSSR count). The summed E-state index contributed by atoms with van der Waals surface area (Å²) in [7, 11) is 4.11. The van der Waals surface area contributed by atoms with Gasteiger partial charge in [0.05, 0.1) is 12.7 Å². The maximum atomic E-state index is 13.0. The number of carbonyl (C=O) groups excluding carboxylic acids is 1. The van der Waals surface area contributed by atoms with Crippen LogP contribution >= 0.6 is 0 Å². The molecule has 0 saturated heterocycles. The SMILES string of the molecule is COC(=O)C1=C(C(OC)OC)N=C(C)C(C(=O)O)C1c1ccccc1-c1ccccc1. The zero-order valence-electron chi connectivity index (χ0n) is 17.9. The summed E-state index contributed by atoms with van der Waals surface area (Å²) < 4.78 is 15.8. The summed E-state index contributed by atoms with van der Waals surface area (Å²) in [5.74, 6) is -3.66. The van der Waals surface area contributed by atoms with Gasteiger partial charge >= 0.3 is 11.9 Å². The number of aliphatic carboxylic acids is 1. The van der Waals surface area contributed by atoms with E-state index in [0.717, 1.165) is 11.1 Å². The van der Waals surface area contributed by atoms with Gasteiger partial charge in [-0.05, 0) is 23.6 Å². The zero-order chi connectivity index (χ0) is 22.5. The fourth-order valence-electron chi connectivity index (χ4n) is 4.03. The lowest BCUT2D eigenvalue weighted by Gasteiger charge is -2.33. The predicted octanol–water partition coefficient (Wildman–Crippen LogP) is 3.66. The molecule has 0 saturated carbocycles. The second-order valence-electron chi connectivity index (χ2n) is 7.09. The molecule has 1 N–H and O–H groups in total. The highest BCUT2D eigenvalue weighted by Gasteiger charge is 2.44. The van der Waals surface area contributed by atoms with Crippen molar-refractivity contribution in [2.75, 3.05) is 21.3 Å². The number of carbonyl (C=O) groups is 2. The van der Waals surface area contributed by atoms with Crippen molar-refractivity contribution in [3.8, 4) is 11.1 Å². The minimum absolute atomic E-state index is 0.109. The summed E-state index contributed by atoms with van der Waals surface area (Å²) in [5, 5.41) is 10.1. The molecule has 1 heterocycles. The number of hydrogen-bond acceptors (Lipinski definition) is 6. The van der Waals surface area contributed by atoms with E-state index in [1.54, 1.807) is 6.92 Å². The molecular weight excluding hydrogens is 398 g/mol. The maximum absolute atomic E-state index is 13.0. The number of carboxylic acids is 1. The van der Waals surface area contributed by atoms with Crippen molar-refractivity contribution >= 4 is 17.7 Å². The third kappa shape index (κ3) is 4.28. The van der Waals surface area contributed by atoms with Gasteiger partial charge in [-0.15, -0.1) is 0 Å². The molecule has 0 aromatic heterocycles. The molecule has 0 bridgehead atoms. The number of aliphatic imine (C=N–C) groups is 1. The predicted molar refractivity (Wildman–Crippen MR) is 116 cm³/mol. The standard InChI is InChI=1S/C24H25NO6/c1-14-18(22(26)27)19(20(23(28)29-2)21(25-14)24(30-3)31-4)17-13-9-8-12-16(17)15-10-6-5-7-11-15/h5-13,18-19,24H,1-4H3,(H,26,27). The fourth-order valence-corrected chi connectivity index (χ4v) is 4.03. The first-order valence-electron chi connectivity index (χ1n) is 9.74. The van der Waals surface area contributed by atoms with Crippen LogP contribution in [0.5, 0.6) is 0 Å².